The topological polar surface area (TPSA) is 109 Å². The fourth-order valence-corrected chi connectivity index (χ4v) is 2.54. The summed E-state index contributed by atoms with van der Waals surface area (Å²) in [5.41, 5.74) is 0.876. The minimum Gasteiger partial charge on any atom is -0.471 e. The van der Waals surface area contributed by atoms with Gasteiger partial charge in [0.2, 0.25) is 5.88 Å². The number of rotatable bonds is 3. The molecule has 1 saturated heterocycles. The summed E-state index contributed by atoms with van der Waals surface area (Å²) in [5.74, 6) is 0.843. The summed E-state index contributed by atoms with van der Waals surface area (Å²) in [4.78, 5) is 22.7. The van der Waals surface area contributed by atoms with Crippen LogP contribution in [0, 0.1) is 0 Å². The SMILES string of the molecule is O=c1[nH]nc(-c2cc3cccnc3c(OC3CCNC3)n2)[nH]1. The van der Waals surface area contributed by atoms with Gasteiger partial charge in [-0.3, -0.25) is 9.97 Å². The zero-order valence-corrected chi connectivity index (χ0v) is 11.7. The highest BCUT2D eigenvalue weighted by atomic mass is 16.5. The van der Waals surface area contributed by atoms with Crippen LogP contribution in [0.15, 0.2) is 29.2 Å². The van der Waals surface area contributed by atoms with Crippen LogP contribution in [-0.2, 0) is 0 Å². The molecule has 3 aromatic heterocycles. The Hall–Kier alpha value is -2.74. The molecule has 0 radical (unpaired) electrons. The number of fused-ring (bicyclic) bond motifs is 1. The van der Waals surface area contributed by atoms with Gasteiger partial charge in [-0.2, -0.15) is 5.10 Å². The molecule has 3 N–H and O–H groups in total. The van der Waals surface area contributed by atoms with Crippen molar-refractivity contribution in [3.8, 4) is 17.4 Å². The molecule has 1 atom stereocenters. The highest BCUT2D eigenvalue weighted by Gasteiger charge is 2.19. The lowest BCUT2D eigenvalue weighted by atomic mass is 10.2. The lowest BCUT2D eigenvalue weighted by molar-refractivity contribution is 0.217. The van der Waals surface area contributed by atoms with Gasteiger partial charge in [-0.15, -0.1) is 0 Å². The molecule has 4 rings (SSSR count). The summed E-state index contributed by atoms with van der Waals surface area (Å²) in [5, 5.41) is 10.4. The highest BCUT2D eigenvalue weighted by Crippen LogP contribution is 2.27. The number of pyridine rings is 2. The second-order valence-electron chi connectivity index (χ2n) is 5.15. The van der Waals surface area contributed by atoms with E-state index in [1.165, 1.54) is 0 Å². The fourth-order valence-electron chi connectivity index (χ4n) is 2.54. The lowest BCUT2D eigenvalue weighted by Crippen LogP contribution is -2.20. The minimum absolute atomic E-state index is 0.0752. The molecule has 8 heteroatoms. The fraction of sp³-hybridized carbons (Fsp3) is 0.286. The van der Waals surface area contributed by atoms with Crippen LogP contribution in [0.25, 0.3) is 22.4 Å². The van der Waals surface area contributed by atoms with Gasteiger partial charge in [0.25, 0.3) is 0 Å². The quantitative estimate of drug-likeness (QED) is 0.648. The summed E-state index contributed by atoms with van der Waals surface area (Å²) in [6.45, 7) is 1.72. The van der Waals surface area contributed by atoms with Crippen LogP contribution < -0.4 is 15.7 Å². The number of nitrogens with zero attached hydrogens (tertiary/aromatic N) is 3. The Morgan fingerprint density at radius 2 is 2.32 bits per heavy atom. The van der Waals surface area contributed by atoms with Crippen LogP contribution in [0.5, 0.6) is 5.88 Å². The molecule has 0 aliphatic carbocycles. The Morgan fingerprint density at radius 3 is 3.09 bits per heavy atom. The number of hydrogen-bond acceptors (Lipinski definition) is 6. The van der Waals surface area contributed by atoms with Crippen molar-refractivity contribution in [2.45, 2.75) is 12.5 Å². The first-order valence-corrected chi connectivity index (χ1v) is 7.08. The molecule has 22 heavy (non-hydrogen) atoms. The predicted octanol–water partition coefficient (Wildman–Crippen LogP) is 0.449. The van der Waals surface area contributed by atoms with Crippen LogP contribution in [-0.4, -0.2) is 44.3 Å². The van der Waals surface area contributed by atoms with E-state index < -0.39 is 0 Å². The van der Waals surface area contributed by atoms with E-state index in [9.17, 15) is 4.79 Å². The molecule has 0 bridgehead atoms. The maximum absolute atomic E-state index is 11.2. The maximum atomic E-state index is 11.2. The van der Waals surface area contributed by atoms with Crippen molar-refractivity contribution in [3.63, 3.8) is 0 Å². The molecule has 0 spiro atoms. The summed E-state index contributed by atoms with van der Waals surface area (Å²) < 4.78 is 5.99. The van der Waals surface area contributed by atoms with E-state index in [4.69, 9.17) is 4.74 Å². The molecule has 4 heterocycles. The molecule has 8 nitrogen and oxygen atoms in total. The van der Waals surface area contributed by atoms with E-state index in [1.807, 2.05) is 18.2 Å². The van der Waals surface area contributed by atoms with Crippen molar-refractivity contribution in [1.82, 2.24) is 30.5 Å². The van der Waals surface area contributed by atoms with Gasteiger partial charge in [0.15, 0.2) is 5.82 Å². The lowest BCUT2D eigenvalue weighted by Gasteiger charge is -2.13. The Labute approximate surface area is 125 Å². The third-order valence-electron chi connectivity index (χ3n) is 3.59. The number of ether oxygens (including phenoxy) is 1. The maximum Gasteiger partial charge on any atom is 0.340 e. The zero-order valence-electron chi connectivity index (χ0n) is 11.7. The van der Waals surface area contributed by atoms with Crippen molar-refractivity contribution in [2.75, 3.05) is 13.1 Å². The second-order valence-corrected chi connectivity index (χ2v) is 5.15. The van der Waals surface area contributed by atoms with Gasteiger partial charge in [-0.25, -0.2) is 14.9 Å². The monoisotopic (exact) mass is 298 g/mol. The van der Waals surface area contributed by atoms with Gasteiger partial charge in [-0.1, -0.05) is 6.07 Å². The Balaban J connectivity index is 1.83. The summed E-state index contributed by atoms with van der Waals surface area (Å²) in [6, 6.07) is 5.60. The molecule has 0 aromatic carbocycles. The smallest absolute Gasteiger partial charge is 0.340 e. The molecule has 1 fully saturated rings. The molecular weight excluding hydrogens is 284 g/mol. The van der Waals surface area contributed by atoms with Gasteiger partial charge >= 0.3 is 5.69 Å². The van der Waals surface area contributed by atoms with E-state index in [0.717, 1.165) is 24.9 Å². The van der Waals surface area contributed by atoms with Crippen LogP contribution in [0.4, 0.5) is 0 Å². The standard InChI is InChI=1S/C14H14N6O2/c21-14-18-12(19-20-14)10-6-8-2-1-4-16-11(8)13(17-10)22-9-3-5-15-7-9/h1-2,4,6,9,15H,3,5,7H2,(H2,18,19,20,21). The van der Waals surface area contributed by atoms with Crippen LogP contribution in [0.1, 0.15) is 6.42 Å². The van der Waals surface area contributed by atoms with E-state index in [2.05, 4.69) is 30.5 Å². The van der Waals surface area contributed by atoms with Crippen molar-refractivity contribution < 1.29 is 4.74 Å². The van der Waals surface area contributed by atoms with Crippen molar-refractivity contribution >= 4 is 10.9 Å². The van der Waals surface area contributed by atoms with Crippen molar-refractivity contribution in [1.29, 1.82) is 0 Å². The Kier molecular flexibility index (Phi) is 3.08. The van der Waals surface area contributed by atoms with E-state index in [1.54, 1.807) is 6.20 Å². The largest absolute Gasteiger partial charge is 0.471 e. The Morgan fingerprint density at radius 1 is 1.36 bits per heavy atom. The Bertz CT molecular complexity index is 865. The first-order chi connectivity index (χ1) is 10.8. The van der Waals surface area contributed by atoms with Crippen molar-refractivity contribution in [3.05, 3.63) is 34.9 Å². The summed E-state index contributed by atoms with van der Waals surface area (Å²) in [6.07, 6.45) is 2.71. The molecule has 1 unspecified atom stereocenters. The number of H-pyrrole nitrogens is 2. The van der Waals surface area contributed by atoms with E-state index in [0.29, 0.717) is 22.9 Å². The van der Waals surface area contributed by atoms with Crippen LogP contribution >= 0.6 is 0 Å². The number of hydrogen-bond donors (Lipinski definition) is 3. The molecule has 1 aliphatic rings. The minimum atomic E-state index is -0.370. The molecular formula is C14H14N6O2. The third kappa shape index (κ3) is 2.33. The zero-order chi connectivity index (χ0) is 14.9. The van der Waals surface area contributed by atoms with Gasteiger partial charge in [0.1, 0.15) is 17.3 Å². The van der Waals surface area contributed by atoms with Gasteiger partial charge in [0.05, 0.1) is 0 Å². The molecule has 3 aromatic rings. The first-order valence-electron chi connectivity index (χ1n) is 7.08. The predicted molar refractivity (Wildman–Crippen MR) is 79.6 cm³/mol. The highest BCUT2D eigenvalue weighted by molar-refractivity contribution is 5.85. The van der Waals surface area contributed by atoms with Crippen LogP contribution in [0.3, 0.4) is 0 Å². The summed E-state index contributed by atoms with van der Waals surface area (Å²) in [7, 11) is 0. The molecule has 0 amide bonds. The average Bonchev–Trinajstić information content (AvgIpc) is 3.19. The molecule has 0 saturated carbocycles. The van der Waals surface area contributed by atoms with Crippen LogP contribution in [0.2, 0.25) is 0 Å². The van der Waals surface area contributed by atoms with E-state index >= 15 is 0 Å². The molecule has 1 aliphatic heterocycles. The summed E-state index contributed by atoms with van der Waals surface area (Å²) >= 11 is 0. The van der Waals surface area contributed by atoms with Gasteiger partial charge in [-0.05, 0) is 25.1 Å². The second kappa shape index (κ2) is 5.23. The first kappa shape index (κ1) is 13.0. The normalized spacial score (nSPS) is 17.9. The number of aromatic amines is 2. The number of nitrogens with one attached hydrogen (secondary N) is 3. The third-order valence-corrected chi connectivity index (χ3v) is 3.59. The van der Waals surface area contributed by atoms with Gasteiger partial charge in [0, 0.05) is 18.1 Å². The van der Waals surface area contributed by atoms with Gasteiger partial charge < -0.3 is 10.1 Å². The number of aromatic nitrogens is 5. The van der Waals surface area contributed by atoms with E-state index in [-0.39, 0.29) is 11.8 Å². The average molecular weight is 298 g/mol. The molecule has 112 valence electrons. The van der Waals surface area contributed by atoms with Crippen molar-refractivity contribution in [2.24, 2.45) is 0 Å².